The summed E-state index contributed by atoms with van der Waals surface area (Å²) in [7, 11) is 0. The molecule has 0 spiro atoms. The van der Waals surface area contributed by atoms with Crippen LogP contribution in [0.5, 0.6) is 0 Å². The van der Waals surface area contributed by atoms with Crippen molar-refractivity contribution in [2.75, 3.05) is 0 Å². The van der Waals surface area contributed by atoms with E-state index in [-0.39, 0.29) is 5.76 Å². The molecule has 1 aromatic rings. The Balaban J connectivity index is 2.77. The summed E-state index contributed by atoms with van der Waals surface area (Å²) >= 11 is 0. The molecule has 3 nitrogen and oxygen atoms in total. The van der Waals surface area contributed by atoms with Crippen molar-refractivity contribution in [2.45, 2.75) is 0 Å². The normalized spacial score (nSPS) is 8.73. The zero-order valence-electron chi connectivity index (χ0n) is 5.86. The highest BCUT2D eigenvalue weighted by atomic mass is 16.7. The third-order valence-electron chi connectivity index (χ3n) is 1.24. The van der Waals surface area contributed by atoms with E-state index in [2.05, 4.69) is 16.8 Å². The van der Waals surface area contributed by atoms with Gasteiger partial charge in [-0.25, -0.2) is 0 Å². The Bertz CT molecular complexity index is 256. The molecule has 0 aromatic heterocycles. The highest BCUT2D eigenvalue weighted by molar-refractivity contribution is 5.56. The number of hydrogen-bond donors (Lipinski definition) is 0. The van der Waals surface area contributed by atoms with Crippen LogP contribution in [0.1, 0.15) is 5.56 Å². The first kappa shape index (κ1) is 7.47. The lowest BCUT2D eigenvalue weighted by molar-refractivity contribution is 0.292. The van der Waals surface area contributed by atoms with Crippen LogP contribution in [0.4, 0.5) is 0 Å². The molecule has 0 N–H and O–H groups in total. The lowest BCUT2D eigenvalue weighted by atomic mass is 10.2. The molecule has 11 heavy (non-hydrogen) atoms. The van der Waals surface area contributed by atoms with E-state index in [0.717, 1.165) is 5.56 Å². The molecule has 0 aliphatic carbocycles. The maximum Gasteiger partial charge on any atom is 0.161 e. The highest BCUT2D eigenvalue weighted by Gasteiger charge is 1.96. The molecule has 0 radical (unpaired) electrons. The largest absolute Gasteiger partial charge is 0.324 e. The minimum atomic E-state index is 0.264. The molecule has 3 heteroatoms. The van der Waals surface area contributed by atoms with Gasteiger partial charge in [0.05, 0.1) is 0 Å². The molecule has 0 bridgehead atoms. The summed E-state index contributed by atoms with van der Waals surface area (Å²) in [4.78, 5) is 14.0. The number of nitrogens with zero attached hydrogens (tertiary/aromatic N) is 1. The topological polar surface area (TPSA) is 38.7 Å². The van der Waals surface area contributed by atoms with Crippen LogP contribution in [-0.4, -0.2) is 0 Å². The second-order valence-corrected chi connectivity index (χ2v) is 1.96. The molecule has 0 heterocycles. The molecule has 0 aliphatic heterocycles. The third kappa shape index (κ3) is 1.89. The van der Waals surface area contributed by atoms with Crippen LogP contribution in [0.3, 0.4) is 0 Å². The molecule has 0 saturated carbocycles. The van der Waals surface area contributed by atoms with Crippen LogP contribution in [0.15, 0.2) is 42.3 Å². The Morgan fingerprint density at radius 3 is 2.55 bits per heavy atom. The minimum Gasteiger partial charge on any atom is -0.324 e. The van der Waals surface area contributed by atoms with Crippen LogP contribution in [0, 0.1) is 4.91 Å². The van der Waals surface area contributed by atoms with E-state index in [0.29, 0.717) is 0 Å². The van der Waals surface area contributed by atoms with Gasteiger partial charge in [-0.05, 0) is 0 Å². The lowest BCUT2D eigenvalue weighted by Gasteiger charge is -1.97. The predicted molar refractivity (Wildman–Crippen MR) is 42.4 cm³/mol. The number of benzene rings is 1. The zero-order valence-corrected chi connectivity index (χ0v) is 5.86. The summed E-state index contributed by atoms with van der Waals surface area (Å²) in [6, 6.07) is 9.09. The maximum atomic E-state index is 9.66. The monoisotopic (exact) mass is 149 g/mol. The van der Waals surface area contributed by atoms with E-state index in [4.69, 9.17) is 0 Å². The van der Waals surface area contributed by atoms with E-state index in [9.17, 15) is 4.91 Å². The lowest BCUT2D eigenvalue weighted by Crippen LogP contribution is -1.81. The average molecular weight is 149 g/mol. The number of hydrogen-bond acceptors (Lipinski definition) is 3. The molecule has 0 fully saturated rings. The Kier molecular flexibility index (Phi) is 2.38. The number of rotatable bonds is 3. The molecule has 0 saturated heterocycles. The van der Waals surface area contributed by atoms with Crippen LogP contribution in [0.2, 0.25) is 0 Å². The quantitative estimate of drug-likeness (QED) is 0.376. The van der Waals surface area contributed by atoms with Crippen molar-refractivity contribution in [1.29, 1.82) is 0 Å². The standard InChI is InChI=1S/C8H7NO2/c1-7(11-9-10)8-5-3-2-4-6-8/h2-6H,1H2. The van der Waals surface area contributed by atoms with Gasteiger partial charge in [-0.1, -0.05) is 36.9 Å². The molecule has 1 rings (SSSR count). The Morgan fingerprint density at radius 2 is 2.00 bits per heavy atom. The van der Waals surface area contributed by atoms with Crippen LogP contribution in [-0.2, 0) is 4.84 Å². The molecule has 0 aliphatic rings. The average Bonchev–Trinajstić information content (AvgIpc) is 2.07. The summed E-state index contributed by atoms with van der Waals surface area (Å²) in [5.74, 6) is 0.264. The van der Waals surface area contributed by atoms with Gasteiger partial charge in [-0.15, -0.1) is 4.91 Å². The van der Waals surface area contributed by atoms with Gasteiger partial charge in [-0.2, -0.15) is 0 Å². The molecule has 0 unspecified atom stereocenters. The van der Waals surface area contributed by atoms with E-state index >= 15 is 0 Å². The summed E-state index contributed by atoms with van der Waals surface area (Å²) in [5, 5.41) is 2.26. The first-order valence-electron chi connectivity index (χ1n) is 3.08. The van der Waals surface area contributed by atoms with E-state index < -0.39 is 0 Å². The summed E-state index contributed by atoms with van der Waals surface area (Å²) in [6.45, 7) is 3.50. The maximum absolute atomic E-state index is 9.66. The van der Waals surface area contributed by atoms with Gasteiger partial charge in [0.2, 0.25) is 0 Å². The Morgan fingerprint density at radius 1 is 1.36 bits per heavy atom. The first-order chi connectivity index (χ1) is 5.34. The van der Waals surface area contributed by atoms with Crippen LogP contribution in [0.25, 0.3) is 5.76 Å². The molecule has 56 valence electrons. The summed E-state index contributed by atoms with van der Waals surface area (Å²) in [5.41, 5.74) is 0.757. The van der Waals surface area contributed by atoms with E-state index in [1.165, 1.54) is 0 Å². The first-order valence-corrected chi connectivity index (χ1v) is 3.08. The smallest absolute Gasteiger partial charge is 0.161 e. The minimum absolute atomic E-state index is 0.264. The molecular weight excluding hydrogens is 142 g/mol. The Labute approximate surface area is 64.2 Å². The van der Waals surface area contributed by atoms with Crippen molar-refractivity contribution in [3.8, 4) is 0 Å². The predicted octanol–water partition coefficient (Wildman–Crippen LogP) is 2.36. The molecule has 1 aromatic carbocycles. The fourth-order valence-electron chi connectivity index (χ4n) is 0.722. The van der Waals surface area contributed by atoms with Gasteiger partial charge in [0.1, 0.15) is 0 Å². The second kappa shape index (κ2) is 3.51. The van der Waals surface area contributed by atoms with Crippen LogP contribution < -0.4 is 0 Å². The van der Waals surface area contributed by atoms with Gasteiger partial charge in [-0.3, -0.25) is 0 Å². The highest BCUT2D eigenvalue weighted by Crippen LogP contribution is 2.12. The van der Waals surface area contributed by atoms with Crippen molar-refractivity contribution < 1.29 is 4.84 Å². The Hall–Kier alpha value is -1.64. The van der Waals surface area contributed by atoms with Gasteiger partial charge in [0, 0.05) is 5.56 Å². The van der Waals surface area contributed by atoms with Crippen molar-refractivity contribution in [3.05, 3.63) is 47.4 Å². The summed E-state index contributed by atoms with van der Waals surface area (Å²) < 4.78 is 0. The third-order valence-corrected chi connectivity index (χ3v) is 1.24. The van der Waals surface area contributed by atoms with Crippen molar-refractivity contribution in [2.24, 2.45) is 5.34 Å². The van der Waals surface area contributed by atoms with Gasteiger partial charge in [0.25, 0.3) is 0 Å². The fourth-order valence-corrected chi connectivity index (χ4v) is 0.722. The van der Waals surface area contributed by atoms with Crippen molar-refractivity contribution >= 4 is 5.76 Å². The summed E-state index contributed by atoms with van der Waals surface area (Å²) in [6.07, 6.45) is 0. The fraction of sp³-hybridized carbons (Fsp3) is 0. The van der Waals surface area contributed by atoms with Crippen molar-refractivity contribution in [1.82, 2.24) is 0 Å². The van der Waals surface area contributed by atoms with Crippen LogP contribution >= 0.6 is 0 Å². The van der Waals surface area contributed by atoms with E-state index in [1.54, 1.807) is 12.1 Å². The van der Waals surface area contributed by atoms with Gasteiger partial charge in [0.15, 0.2) is 11.1 Å². The molecular formula is C8H7NO2. The van der Waals surface area contributed by atoms with Gasteiger partial charge < -0.3 is 4.84 Å². The zero-order chi connectivity index (χ0) is 8.10. The van der Waals surface area contributed by atoms with E-state index in [1.807, 2.05) is 18.2 Å². The second-order valence-electron chi connectivity index (χ2n) is 1.96. The SMILES string of the molecule is C=C(ON=O)c1ccccc1. The van der Waals surface area contributed by atoms with Gasteiger partial charge >= 0.3 is 0 Å². The molecule has 0 amide bonds. The van der Waals surface area contributed by atoms with Crippen molar-refractivity contribution in [3.63, 3.8) is 0 Å². The molecule has 0 atom stereocenters.